The maximum atomic E-state index is 12.5. The molecule has 1 saturated heterocycles. The van der Waals surface area contributed by atoms with Gasteiger partial charge in [0.05, 0.1) is 11.1 Å². The first-order valence-corrected chi connectivity index (χ1v) is 9.88. The fourth-order valence-corrected chi connectivity index (χ4v) is 3.46. The molecule has 2 aliphatic heterocycles. The minimum atomic E-state index is -0.632. The van der Waals surface area contributed by atoms with Crippen LogP contribution in [0.3, 0.4) is 0 Å². The van der Waals surface area contributed by atoms with Crippen LogP contribution in [-0.2, 0) is 4.79 Å². The van der Waals surface area contributed by atoms with E-state index in [0.717, 1.165) is 25.7 Å². The number of fused-ring (bicyclic) bond motifs is 1. The van der Waals surface area contributed by atoms with Crippen molar-refractivity contribution in [3.63, 3.8) is 0 Å². The molecule has 160 valence electrons. The molecular formula is C19H25N7O4. The number of nitrogens with one attached hydrogen (secondary N) is 2. The van der Waals surface area contributed by atoms with E-state index < -0.39 is 23.2 Å². The molecule has 0 bridgehead atoms. The summed E-state index contributed by atoms with van der Waals surface area (Å²) < 4.78 is 0. The lowest BCUT2D eigenvalue weighted by atomic mass is 10.1. The number of nitro benzene ring substituents is 1. The number of unbranched alkanes of at least 4 members (excludes halogenated alkanes) is 3. The van der Waals surface area contributed by atoms with Gasteiger partial charge < -0.3 is 9.80 Å². The normalized spacial score (nSPS) is 20.9. The number of aliphatic imine (C=N–C) groups is 1. The highest BCUT2D eigenvalue weighted by Crippen LogP contribution is 2.24. The van der Waals surface area contributed by atoms with E-state index in [-0.39, 0.29) is 11.6 Å². The third-order valence-corrected chi connectivity index (χ3v) is 5.07. The van der Waals surface area contributed by atoms with Gasteiger partial charge in [0.2, 0.25) is 5.96 Å². The summed E-state index contributed by atoms with van der Waals surface area (Å²) in [4.78, 5) is 42.6. The zero-order valence-corrected chi connectivity index (χ0v) is 16.9. The number of benzene rings is 1. The van der Waals surface area contributed by atoms with Gasteiger partial charge in [-0.2, -0.15) is 5.10 Å². The Hall–Kier alpha value is -3.50. The molecule has 2 heterocycles. The summed E-state index contributed by atoms with van der Waals surface area (Å²) in [5, 5.41) is 17.4. The average Bonchev–Trinajstić information content (AvgIpc) is 3.09. The van der Waals surface area contributed by atoms with Crippen LogP contribution < -0.4 is 10.7 Å². The molecule has 0 radical (unpaired) electrons. The van der Waals surface area contributed by atoms with Crippen LogP contribution in [0.2, 0.25) is 0 Å². The molecular weight excluding hydrogens is 390 g/mol. The summed E-state index contributed by atoms with van der Waals surface area (Å²) >= 11 is 0. The first kappa shape index (κ1) is 21.2. The van der Waals surface area contributed by atoms with Gasteiger partial charge in [-0.25, -0.2) is 15.2 Å². The fraction of sp³-hybridized carbons (Fsp3) is 0.474. The van der Waals surface area contributed by atoms with Crippen molar-refractivity contribution in [2.24, 2.45) is 10.1 Å². The number of urea groups is 1. The van der Waals surface area contributed by atoms with Gasteiger partial charge in [0.1, 0.15) is 0 Å². The van der Waals surface area contributed by atoms with Crippen LogP contribution in [0.15, 0.2) is 34.4 Å². The highest BCUT2D eigenvalue weighted by Gasteiger charge is 2.48. The summed E-state index contributed by atoms with van der Waals surface area (Å²) in [5.74, 6) is 0.00156. The van der Waals surface area contributed by atoms with Crippen LogP contribution in [0.5, 0.6) is 0 Å². The second kappa shape index (κ2) is 9.33. The molecule has 11 nitrogen and oxygen atoms in total. The molecule has 2 unspecified atom stereocenters. The average molecular weight is 415 g/mol. The first-order chi connectivity index (χ1) is 14.4. The van der Waals surface area contributed by atoms with Crippen LogP contribution >= 0.6 is 0 Å². The quantitative estimate of drug-likeness (QED) is 0.287. The van der Waals surface area contributed by atoms with Gasteiger partial charge in [-0.3, -0.25) is 20.2 Å². The molecule has 3 rings (SSSR count). The number of nitrogens with zero attached hydrogens (tertiary/aromatic N) is 5. The molecule has 1 aromatic rings. The maximum Gasteiger partial charge on any atom is 0.325 e. The van der Waals surface area contributed by atoms with Crippen LogP contribution in [0.25, 0.3) is 0 Å². The molecule has 3 amide bonds. The Balaban J connectivity index is 1.75. The van der Waals surface area contributed by atoms with Crippen LogP contribution in [0.4, 0.5) is 10.5 Å². The smallest absolute Gasteiger partial charge is 0.325 e. The van der Waals surface area contributed by atoms with Crippen molar-refractivity contribution in [1.82, 2.24) is 20.5 Å². The number of non-ortho nitro benzene ring substituents is 1. The molecule has 0 saturated carbocycles. The van der Waals surface area contributed by atoms with Gasteiger partial charge in [-0.15, -0.1) is 0 Å². The van der Waals surface area contributed by atoms with Crippen molar-refractivity contribution in [1.29, 1.82) is 0 Å². The van der Waals surface area contributed by atoms with Gasteiger partial charge in [0.25, 0.3) is 11.6 Å². The SMILES string of the molecule is CCCCCCN1C(N/N=C/c2cccc([N+](=O)[O-])c2)=NC2C1C(=O)NC(=O)N2C. The number of hydrazone groups is 1. The largest absolute Gasteiger partial charge is 0.326 e. The van der Waals surface area contributed by atoms with Crippen LogP contribution in [0.1, 0.15) is 38.2 Å². The molecule has 2 N–H and O–H groups in total. The lowest BCUT2D eigenvalue weighted by molar-refractivity contribution is -0.384. The van der Waals surface area contributed by atoms with Crippen molar-refractivity contribution in [3.05, 3.63) is 39.9 Å². The Morgan fingerprint density at radius 2 is 2.13 bits per heavy atom. The number of nitro groups is 1. The highest BCUT2D eigenvalue weighted by molar-refractivity contribution is 6.03. The number of hydrogen-bond acceptors (Lipinski definition) is 8. The molecule has 2 atom stereocenters. The number of guanidine groups is 1. The van der Waals surface area contributed by atoms with E-state index in [1.54, 1.807) is 19.2 Å². The minimum Gasteiger partial charge on any atom is -0.326 e. The molecule has 0 aliphatic carbocycles. The molecule has 11 heteroatoms. The van der Waals surface area contributed by atoms with E-state index >= 15 is 0 Å². The number of amides is 3. The number of hydrogen-bond donors (Lipinski definition) is 2. The highest BCUT2D eigenvalue weighted by atomic mass is 16.6. The van der Waals surface area contributed by atoms with Crippen molar-refractivity contribution >= 4 is 29.8 Å². The van der Waals surface area contributed by atoms with Crippen LogP contribution in [0, 0.1) is 10.1 Å². The van der Waals surface area contributed by atoms with Crippen molar-refractivity contribution < 1.29 is 14.5 Å². The number of imide groups is 1. The lowest BCUT2D eigenvalue weighted by Crippen LogP contribution is -2.64. The van der Waals surface area contributed by atoms with E-state index in [1.165, 1.54) is 23.2 Å². The predicted octanol–water partition coefficient (Wildman–Crippen LogP) is 1.65. The first-order valence-electron chi connectivity index (χ1n) is 9.88. The Morgan fingerprint density at radius 3 is 2.87 bits per heavy atom. The minimum absolute atomic E-state index is 0.0301. The molecule has 1 fully saturated rings. The van der Waals surface area contributed by atoms with E-state index in [0.29, 0.717) is 18.1 Å². The Labute approximate surface area is 174 Å². The van der Waals surface area contributed by atoms with Gasteiger partial charge in [0.15, 0.2) is 12.2 Å². The second-order valence-corrected chi connectivity index (χ2v) is 7.19. The van der Waals surface area contributed by atoms with Gasteiger partial charge in [-0.05, 0) is 6.42 Å². The fourth-order valence-electron chi connectivity index (χ4n) is 3.46. The summed E-state index contributed by atoms with van der Waals surface area (Å²) in [5.41, 5.74) is 3.36. The molecule has 1 aromatic carbocycles. The van der Waals surface area contributed by atoms with E-state index in [4.69, 9.17) is 0 Å². The number of rotatable bonds is 8. The third kappa shape index (κ3) is 4.56. The van der Waals surface area contributed by atoms with Gasteiger partial charge >= 0.3 is 6.03 Å². The number of carbonyl (C=O) groups excluding carboxylic acids is 2. The molecule has 0 spiro atoms. The van der Waals surface area contributed by atoms with Gasteiger partial charge in [-0.1, -0.05) is 38.3 Å². The zero-order valence-electron chi connectivity index (χ0n) is 16.9. The summed E-state index contributed by atoms with van der Waals surface area (Å²) in [6.07, 6.45) is 4.89. The van der Waals surface area contributed by atoms with Crippen LogP contribution in [-0.4, -0.2) is 64.6 Å². The lowest BCUT2D eigenvalue weighted by Gasteiger charge is -2.36. The summed E-state index contributed by atoms with van der Waals surface area (Å²) in [6.45, 7) is 2.72. The second-order valence-electron chi connectivity index (χ2n) is 7.19. The van der Waals surface area contributed by atoms with E-state index in [1.807, 2.05) is 4.90 Å². The molecule has 2 aliphatic rings. The van der Waals surface area contributed by atoms with E-state index in [9.17, 15) is 19.7 Å². The number of likely N-dealkylation sites (N-methyl/N-ethyl adjacent to an activating group) is 1. The van der Waals surface area contributed by atoms with Crippen molar-refractivity contribution in [2.45, 2.75) is 44.8 Å². The van der Waals surface area contributed by atoms with Crippen molar-refractivity contribution in [2.75, 3.05) is 13.6 Å². The monoisotopic (exact) mass is 415 g/mol. The zero-order chi connectivity index (χ0) is 21.7. The Kier molecular flexibility index (Phi) is 6.60. The summed E-state index contributed by atoms with van der Waals surface area (Å²) in [7, 11) is 1.59. The Morgan fingerprint density at radius 1 is 1.33 bits per heavy atom. The predicted molar refractivity (Wildman–Crippen MR) is 111 cm³/mol. The third-order valence-electron chi connectivity index (χ3n) is 5.07. The maximum absolute atomic E-state index is 12.5. The molecule has 30 heavy (non-hydrogen) atoms. The topological polar surface area (TPSA) is 133 Å². The number of carbonyl (C=O) groups is 2. The van der Waals surface area contributed by atoms with Gasteiger partial charge in [0, 0.05) is 31.3 Å². The van der Waals surface area contributed by atoms with Crippen molar-refractivity contribution in [3.8, 4) is 0 Å². The molecule has 0 aromatic heterocycles. The standard InChI is InChI=1S/C19H25N7O4/c1-3-4-5-6-10-25-15-16(24(2)19(28)22-17(15)27)21-18(25)23-20-12-13-8-7-9-14(11-13)26(29)30/h7-9,11-12,15-16H,3-6,10H2,1-2H3,(H,21,23)(H,22,27,28)/b20-12+. The summed E-state index contributed by atoms with van der Waals surface area (Å²) in [6, 6.07) is 4.97. The Bertz CT molecular complexity index is 885. The van der Waals surface area contributed by atoms with E-state index in [2.05, 4.69) is 27.8 Å².